The Morgan fingerprint density at radius 3 is 2.82 bits per heavy atom. The third-order valence-electron chi connectivity index (χ3n) is 4.26. The Balaban J connectivity index is 1.71. The highest BCUT2D eigenvalue weighted by Gasteiger charge is 2.14. The number of nitriles is 1. The van der Waals surface area contributed by atoms with Crippen molar-refractivity contribution < 1.29 is 9.34 Å². The molecule has 2 heterocycles. The number of hydrogen-bond acceptors (Lipinski definition) is 6. The quantitative estimate of drug-likeness (QED) is 0.249. The van der Waals surface area contributed by atoms with Crippen molar-refractivity contribution in [1.82, 2.24) is 4.98 Å². The smallest absolute Gasteiger partial charge is 0.270 e. The highest BCUT2D eigenvalue weighted by molar-refractivity contribution is 7.19. The third kappa shape index (κ3) is 3.29. The molecule has 4 aromatic rings. The predicted octanol–water partition coefficient (Wildman–Crippen LogP) is 5.84. The number of hydrogen-bond donors (Lipinski definition) is 0. The third-order valence-corrected chi connectivity index (χ3v) is 5.33. The van der Waals surface area contributed by atoms with Crippen LogP contribution in [0.4, 0.5) is 5.69 Å². The van der Waals surface area contributed by atoms with Crippen LogP contribution in [0.25, 0.3) is 33.2 Å². The van der Waals surface area contributed by atoms with Gasteiger partial charge in [0, 0.05) is 23.8 Å². The van der Waals surface area contributed by atoms with Crippen molar-refractivity contribution >= 4 is 38.9 Å². The average molecular weight is 387 g/mol. The topological polar surface area (TPSA) is 93.0 Å². The molecule has 0 fully saturated rings. The molecule has 4 rings (SSSR count). The molecule has 0 saturated heterocycles. The molecule has 7 heteroatoms. The first kappa shape index (κ1) is 17.6. The van der Waals surface area contributed by atoms with E-state index in [0.29, 0.717) is 27.7 Å². The van der Waals surface area contributed by atoms with Gasteiger partial charge in [0.05, 0.1) is 20.7 Å². The van der Waals surface area contributed by atoms with E-state index in [1.807, 2.05) is 31.2 Å². The molecule has 0 aliphatic rings. The second kappa shape index (κ2) is 7.10. The summed E-state index contributed by atoms with van der Waals surface area (Å²) >= 11 is 1.44. The highest BCUT2D eigenvalue weighted by Crippen LogP contribution is 2.32. The minimum atomic E-state index is -0.437. The number of thiazole rings is 1. The van der Waals surface area contributed by atoms with Crippen LogP contribution in [0.3, 0.4) is 0 Å². The van der Waals surface area contributed by atoms with Crippen LogP contribution in [0, 0.1) is 28.4 Å². The molecule has 0 bridgehead atoms. The zero-order valence-electron chi connectivity index (χ0n) is 14.7. The first-order chi connectivity index (χ1) is 13.5. The molecule has 0 spiro atoms. The summed E-state index contributed by atoms with van der Waals surface area (Å²) in [6.07, 6.45) is 1.63. The lowest BCUT2D eigenvalue weighted by Gasteiger charge is -2.02. The van der Waals surface area contributed by atoms with Crippen LogP contribution in [-0.2, 0) is 0 Å². The maximum absolute atomic E-state index is 11.0. The fourth-order valence-electron chi connectivity index (χ4n) is 2.84. The number of aryl methyl sites for hydroxylation is 1. The molecule has 0 amide bonds. The van der Waals surface area contributed by atoms with Crippen molar-refractivity contribution in [1.29, 1.82) is 5.26 Å². The molecule has 0 radical (unpaired) electrons. The highest BCUT2D eigenvalue weighted by atomic mass is 32.1. The van der Waals surface area contributed by atoms with Crippen molar-refractivity contribution in [3.05, 3.63) is 81.0 Å². The minimum absolute atomic E-state index is 0.00119. The average Bonchev–Trinajstić information content (AvgIpc) is 3.33. The Labute approximate surface area is 164 Å². The summed E-state index contributed by atoms with van der Waals surface area (Å²) in [5.41, 5.74) is 2.75. The number of benzene rings is 2. The summed E-state index contributed by atoms with van der Waals surface area (Å²) in [4.78, 5) is 15.1. The van der Waals surface area contributed by atoms with Gasteiger partial charge in [0.15, 0.2) is 0 Å². The van der Waals surface area contributed by atoms with E-state index >= 15 is 0 Å². The van der Waals surface area contributed by atoms with Crippen LogP contribution < -0.4 is 0 Å². The van der Waals surface area contributed by atoms with Gasteiger partial charge in [0.25, 0.3) is 5.69 Å². The molecule has 136 valence electrons. The summed E-state index contributed by atoms with van der Waals surface area (Å²) in [5.74, 6) is 0.991. The Bertz CT molecular complexity index is 1240. The molecule has 28 heavy (non-hydrogen) atoms. The molecule has 0 aliphatic heterocycles. The molecule has 0 atom stereocenters. The van der Waals surface area contributed by atoms with Gasteiger partial charge in [-0.3, -0.25) is 10.1 Å². The van der Waals surface area contributed by atoms with E-state index in [-0.39, 0.29) is 5.69 Å². The largest absolute Gasteiger partial charge is 0.457 e. The van der Waals surface area contributed by atoms with Gasteiger partial charge in [-0.15, -0.1) is 11.3 Å². The van der Waals surface area contributed by atoms with Gasteiger partial charge < -0.3 is 4.42 Å². The molecule has 6 nitrogen and oxygen atoms in total. The SMILES string of the molecule is Cc1ccc([N+](=O)[O-])cc1-c1ccc(/C=C(\C#N)c2nc3ccccc3s2)o1. The number of nitrogens with zero attached hydrogens (tertiary/aromatic N) is 3. The van der Waals surface area contributed by atoms with Crippen molar-refractivity contribution in [2.75, 3.05) is 0 Å². The fourth-order valence-corrected chi connectivity index (χ4v) is 3.77. The number of rotatable bonds is 4. The Morgan fingerprint density at radius 2 is 2.07 bits per heavy atom. The molecular weight excluding hydrogens is 374 g/mol. The number of aromatic nitrogens is 1. The predicted molar refractivity (Wildman–Crippen MR) is 109 cm³/mol. The molecule has 2 aromatic heterocycles. The van der Waals surface area contributed by atoms with E-state index in [4.69, 9.17) is 4.42 Å². The number of nitro benzene ring substituents is 1. The van der Waals surface area contributed by atoms with Gasteiger partial charge in [-0.25, -0.2) is 4.98 Å². The van der Waals surface area contributed by atoms with Crippen LogP contribution in [0.5, 0.6) is 0 Å². The van der Waals surface area contributed by atoms with Gasteiger partial charge in [-0.1, -0.05) is 18.2 Å². The number of non-ortho nitro benzene ring substituents is 1. The van der Waals surface area contributed by atoms with Crippen molar-refractivity contribution in [3.8, 4) is 17.4 Å². The number of allylic oxidation sites excluding steroid dienone is 1. The zero-order valence-corrected chi connectivity index (χ0v) is 15.6. The van der Waals surface area contributed by atoms with Crippen LogP contribution >= 0.6 is 11.3 Å². The lowest BCUT2D eigenvalue weighted by atomic mass is 10.1. The second-order valence-corrected chi connectivity index (χ2v) is 7.15. The summed E-state index contributed by atoms with van der Waals surface area (Å²) in [6, 6.07) is 18.0. The fraction of sp³-hybridized carbons (Fsp3) is 0.0476. The zero-order chi connectivity index (χ0) is 19.7. The molecule has 0 saturated carbocycles. The van der Waals surface area contributed by atoms with Crippen LogP contribution in [-0.4, -0.2) is 9.91 Å². The van der Waals surface area contributed by atoms with Gasteiger partial charge in [0.2, 0.25) is 0 Å². The van der Waals surface area contributed by atoms with Crippen LogP contribution in [0.15, 0.2) is 59.0 Å². The summed E-state index contributed by atoms with van der Waals surface area (Å²) in [7, 11) is 0. The molecule has 0 aliphatic carbocycles. The standard InChI is InChI=1S/C21H13N3O3S/c1-13-6-7-15(24(25)26)11-17(13)19-9-8-16(27-19)10-14(12-22)21-23-18-4-2-3-5-20(18)28-21/h2-11H,1H3/b14-10+. The maximum Gasteiger partial charge on any atom is 0.270 e. The first-order valence-electron chi connectivity index (χ1n) is 8.38. The van der Waals surface area contributed by atoms with E-state index in [0.717, 1.165) is 15.8 Å². The van der Waals surface area contributed by atoms with E-state index in [2.05, 4.69) is 11.1 Å². The van der Waals surface area contributed by atoms with E-state index < -0.39 is 4.92 Å². The Kier molecular flexibility index (Phi) is 4.47. The van der Waals surface area contributed by atoms with Gasteiger partial charge in [0.1, 0.15) is 22.6 Å². The van der Waals surface area contributed by atoms with Gasteiger partial charge in [-0.2, -0.15) is 5.26 Å². The van der Waals surface area contributed by atoms with Crippen molar-refractivity contribution in [2.24, 2.45) is 0 Å². The Morgan fingerprint density at radius 1 is 1.25 bits per heavy atom. The van der Waals surface area contributed by atoms with E-state index in [1.54, 1.807) is 24.3 Å². The lowest BCUT2D eigenvalue weighted by molar-refractivity contribution is -0.384. The Hall–Kier alpha value is -3.76. The number of fused-ring (bicyclic) bond motifs is 1. The molecule has 0 unspecified atom stereocenters. The van der Waals surface area contributed by atoms with Crippen LogP contribution in [0.2, 0.25) is 0 Å². The second-order valence-electron chi connectivity index (χ2n) is 6.11. The molecular formula is C21H13N3O3S. The minimum Gasteiger partial charge on any atom is -0.457 e. The van der Waals surface area contributed by atoms with E-state index in [9.17, 15) is 15.4 Å². The maximum atomic E-state index is 11.0. The first-order valence-corrected chi connectivity index (χ1v) is 9.20. The van der Waals surface area contributed by atoms with Crippen LogP contribution in [0.1, 0.15) is 16.3 Å². The lowest BCUT2D eigenvalue weighted by Crippen LogP contribution is -1.89. The van der Waals surface area contributed by atoms with Gasteiger partial charge in [-0.05, 0) is 36.8 Å². The van der Waals surface area contributed by atoms with Gasteiger partial charge >= 0.3 is 0 Å². The number of nitro groups is 1. The van der Waals surface area contributed by atoms with E-state index in [1.165, 1.54) is 23.5 Å². The monoisotopic (exact) mass is 387 g/mol. The van der Waals surface area contributed by atoms with Crippen molar-refractivity contribution in [3.63, 3.8) is 0 Å². The molecule has 0 N–H and O–H groups in total. The van der Waals surface area contributed by atoms with Crippen molar-refractivity contribution in [2.45, 2.75) is 6.92 Å². The number of furan rings is 1. The molecule has 2 aromatic carbocycles. The number of para-hydroxylation sites is 1. The summed E-state index contributed by atoms with van der Waals surface area (Å²) < 4.78 is 6.85. The summed E-state index contributed by atoms with van der Waals surface area (Å²) in [5, 5.41) is 21.2. The normalized spacial score (nSPS) is 11.5. The summed E-state index contributed by atoms with van der Waals surface area (Å²) in [6.45, 7) is 1.86.